The molecule has 0 aliphatic rings. The van der Waals surface area contributed by atoms with Gasteiger partial charge in [-0.1, -0.05) is 13.3 Å². The van der Waals surface area contributed by atoms with Crippen molar-refractivity contribution in [1.82, 2.24) is 9.55 Å². The van der Waals surface area contributed by atoms with Gasteiger partial charge in [-0.3, -0.25) is 0 Å². The molecule has 0 saturated heterocycles. The summed E-state index contributed by atoms with van der Waals surface area (Å²) >= 11 is 0. The maximum absolute atomic E-state index is 13.2. The van der Waals surface area contributed by atoms with Gasteiger partial charge in [0.25, 0.3) is 0 Å². The molecule has 3 nitrogen and oxygen atoms in total. The molecule has 0 saturated carbocycles. The first-order chi connectivity index (χ1) is 8.76. The topological polar surface area (TPSA) is 38.0 Å². The smallest absolute Gasteiger partial charge is 0.125 e. The molecule has 0 atom stereocenters. The van der Waals surface area contributed by atoms with E-state index in [-0.39, 0.29) is 12.4 Å². The molecule has 1 aromatic heterocycles. The molecular formula is C14H19FN2O. The van der Waals surface area contributed by atoms with Crippen molar-refractivity contribution >= 4 is 11.0 Å². The SMILES string of the molecule is CCCCn1c(CCCO)nc2cc(F)ccc21. The molecule has 0 radical (unpaired) electrons. The van der Waals surface area contributed by atoms with Gasteiger partial charge in [0.05, 0.1) is 11.0 Å². The lowest BCUT2D eigenvalue weighted by Gasteiger charge is -2.07. The molecule has 0 spiro atoms. The average molecular weight is 250 g/mol. The number of imidazole rings is 1. The number of aliphatic hydroxyl groups is 1. The molecule has 1 aromatic carbocycles. The highest BCUT2D eigenvalue weighted by Gasteiger charge is 2.10. The van der Waals surface area contributed by atoms with E-state index in [2.05, 4.69) is 16.5 Å². The number of benzene rings is 1. The predicted molar refractivity (Wildman–Crippen MR) is 70.0 cm³/mol. The lowest BCUT2D eigenvalue weighted by atomic mass is 10.2. The number of nitrogens with zero attached hydrogens (tertiary/aromatic N) is 2. The van der Waals surface area contributed by atoms with E-state index in [9.17, 15) is 4.39 Å². The number of rotatable bonds is 6. The van der Waals surface area contributed by atoms with Gasteiger partial charge in [0, 0.05) is 25.6 Å². The number of aromatic nitrogens is 2. The van der Waals surface area contributed by atoms with Crippen molar-refractivity contribution in [3.05, 3.63) is 29.8 Å². The summed E-state index contributed by atoms with van der Waals surface area (Å²) in [5, 5.41) is 8.92. The maximum atomic E-state index is 13.2. The van der Waals surface area contributed by atoms with E-state index in [0.717, 1.165) is 37.1 Å². The maximum Gasteiger partial charge on any atom is 0.125 e. The normalized spacial score (nSPS) is 11.3. The van der Waals surface area contributed by atoms with Gasteiger partial charge in [-0.25, -0.2) is 9.37 Å². The van der Waals surface area contributed by atoms with Crippen LogP contribution < -0.4 is 0 Å². The minimum atomic E-state index is -0.253. The molecule has 2 aromatic rings. The first kappa shape index (κ1) is 13.0. The van der Waals surface area contributed by atoms with Gasteiger partial charge < -0.3 is 9.67 Å². The van der Waals surface area contributed by atoms with Crippen molar-refractivity contribution in [3.63, 3.8) is 0 Å². The van der Waals surface area contributed by atoms with Crippen molar-refractivity contribution in [2.75, 3.05) is 6.61 Å². The van der Waals surface area contributed by atoms with Gasteiger partial charge in [-0.15, -0.1) is 0 Å². The van der Waals surface area contributed by atoms with Crippen molar-refractivity contribution < 1.29 is 9.50 Å². The standard InChI is InChI=1S/C14H19FN2O/c1-2-3-8-17-13-7-6-11(15)10-12(13)16-14(17)5-4-9-18/h6-7,10,18H,2-5,8-9H2,1H3. The van der Waals surface area contributed by atoms with Crippen LogP contribution in [0.3, 0.4) is 0 Å². The van der Waals surface area contributed by atoms with E-state index < -0.39 is 0 Å². The van der Waals surface area contributed by atoms with Crippen LogP contribution in [0.1, 0.15) is 32.0 Å². The van der Waals surface area contributed by atoms with Crippen molar-refractivity contribution in [1.29, 1.82) is 0 Å². The first-order valence-corrected chi connectivity index (χ1v) is 6.51. The summed E-state index contributed by atoms with van der Waals surface area (Å²) in [6.07, 6.45) is 3.61. The van der Waals surface area contributed by atoms with Crippen LogP contribution in [-0.4, -0.2) is 21.3 Å². The van der Waals surface area contributed by atoms with E-state index in [0.29, 0.717) is 11.9 Å². The summed E-state index contributed by atoms with van der Waals surface area (Å²) in [7, 11) is 0. The zero-order valence-corrected chi connectivity index (χ0v) is 10.7. The number of hydrogen-bond donors (Lipinski definition) is 1. The number of aliphatic hydroxyl groups excluding tert-OH is 1. The quantitative estimate of drug-likeness (QED) is 0.856. The molecule has 0 unspecified atom stereocenters. The lowest BCUT2D eigenvalue weighted by Crippen LogP contribution is -2.05. The van der Waals surface area contributed by atoms with E-state index in [1.54, 1.807) is 6.07 Å². The van der Waals surface area contributed by atoms with Gasteiger partial charge in [-0.05, 0) is 25.0 Å². The van der Waals surface area contributed by atoms with Crippen molar-refractivity contribution in [2.45, 2.75) is 39.2 Å². The van der Waals surface area contributed by atoms with Crippen LogP contribution in [0.5, 0.6) is 0 Å². The molecule has 2 rings (SSSR count). The van der Waals surface area contributed by atoms with E-state index in [4.69, 9.17) is 5.11 Å². The second-order valence-electron chi connectivity index (χ2n) is 4.49. The Hall–Kier alpha value is -1.42. The predicted octanol–water partition coefficient (Wildman–Crippen LogP) is 2.90. The van der Waals surface area contributed by atoms with Gasteiger partial charge in [0.1, 0.15) is 11.6 Å². The third kappa shape index (κ3) is 2.70. The Morgan fingerprint density at radius 3 is 2.89 bits per heavy atom. The Morgan fingerprint density at radius 1 is 1.33 bits per heavy atom. The summed E-state index contributed by atoms with van der Waals surface area (Å²) in [5.74, 6) is 0.689. The van der Waals surface area contributed by atoms with Crippen LogP contribution >= 0.6 is 0 Å². The fourth-order valence-corrected chi connectivity index (χ4v) is 2.15. The minimum absolute atomic E-state index is 0.158. The van der Waals surface area contributed by atoms with Crippen LogP contribution in [0.2, 0.25) is 0 Å². The van der Waals surface area contributed by atoms with E-state index in [1.807, 2.05) is 0 Å². The molecule has 0 aliphatic heterocycles. The Bertz CT molecular complexity index is 522. The minimum Gasteiger partial charge on any atom is -0.396 e. The molecule has 0 aliphatic carbocycles. The Kier molecular flexibility index (Phi) is 4.31. The summed E-state index contributed by atoms with van der Waals surface area (Å²) in [5.41, 5.74) is 1.69. The van der Waals surface area contributed by atoms with Gasteiger partial charge in [0.2, 0.25) is 0 Å². The molecule has 4 heteroatoms. The fraction of sp³-hybridized carbons (Fsp3) is 0.500. The van der Waals surface area contributed by atoms with Gasteiger partial charge in [0.15, 0.2) is 0 Å². The zero-order valence-electron chi connectivity index (χ0n) is 10.7. The summed E-state index contributed by atoms with van der Waals surface area (Å²) in [4.78, 5) is 4.48. The second-order valence-corrected chi connectivity index (χ2v) is 4.49. The first-order valence-electron chi connectivity index (χ1n) is 6.51. The fourth-order valence-electron chi connectivity index (χ4n) is 2.15. The Morgan fingerprint density at radius 2 is 2.17 bits per heavy atom. The molecule has 18 heavy (non-hydrogen) atoms. The Balaban J connectivity index is 2.39. The van der Waals surface area contributed by atoms with Crippen molar-refractivity contribution in [3.8, 4) is 0 Å². The van der Waals surface area contributed by atoms with Crippen LogP contribution in [0.15, 0.2) is 18.2 Å². The molecule has 1 heterocycles. The van der Waals surface area contributed by atoms with Gasteiger partial charge >= 0.3 is 0 Å². The highest BCUT2D eigenvalue weighted by atomic mass is 19.1. The molecule has 0 amide bonds. The van der Waals surface area contributed by atoms with E-state index in [1.165, 1.54) is 12.1 Å². The van der Waals surface area contributed by atoms with Gasteiger partial charge in [-0.2, -0.15) is 0 Å². The molecule has 0 bridgehead atoms. The van der Waals surface area contributed by atoms with E-state index >= 15 is 0 Å². The third-order valence-electron chi connectivity index (χ3n) is 3.08. The third-order valence-corrected chi connectivity index (χ3v) is 3.08. The van der Waals surface area contributed by atoms with Crippen LogP contribution in [0.4, 0.5) is 4.39 Å². The highest BCUT2D eigenvalue weighted by Crippen LogP contribution is 2.19. The largest absolute Gasteiger partial charge is 0.396 e. The number of fused-ring (bicyclic) bond motifs is 1. The monoisotopic (exact) mass is 250 g/mol. The summed E-state index contributed by atoms with van der Waals surface area (Å²) < 4.78 is 15.3. The Labute approximate surface area is 106 Å². The summed E-state index contributed by atoms with van der Waals surface area (Å²) in [6.45, 7) is 3.21. The molecular weight excluding hydrogens is 231 g/mol. The number of unbranched alkanes of at least 4 members (excludes halogenated alkanes) is 1. The highest BCUT2D eigenvalue weighted by molar-refractivity contribution is 5.76. The number of hydrogen-bond acceptors (Lipinski definition) is 2. The number of aryl methyl sites for hydroxylation is 2. The molecule has 1 N–H and O–H groups in total. The molecule has 98 valence electrons. The zero-order chi connectivity index (χ0) is 13.0. The van der Waals surface area contributed by atoms with Crippen LogP contribution in [0.25, 0.3) is 11.0 Å². The molecule has 0 fully saturated rings. The van der Waals surface area contributed by atoms with Crippen LogP contribution in [-0.2, 0) is 13.0 Å². The van der Waals surface area contributed by atoms with Crippen LogP contribution in [0, 0.1) is 5.82 Å². The average Bonchev–Trinajstić information content (AvgIpc) is 2.70. The summed E-state index contributed by atoms with van der Waals surface area (Å²) in [6, 6.07) is 4.73. The lowest BCUT2D eigenvalue weighted by molar-refractivity contribution is 0.287. The second kappa shape index (κ2) is 5.96. The number of halogens is 1. The van der Waals surface area contributed by atoms with Crippen molar-refractivity contribution in [2.24, 2.45) is 0 Å².